The quantitative estimate of drug-likeness (QED) is 0.864. The fraction of sp³-hybridized carbons (Fsp3) is 0.400. The molecule has 0 unspecified atom stereocenters. The number of nitrogens with zero attached hydrogens (tertiary/aromatic N) is 1. The molecule has 0 amide bonds. The van der Waals surface area contributed by atoms with Gasteiger partial charge in [0.25, 0.3) is 0 Å². The molecule has 0 saturated carbocycles. The lowest BCUT2D eigenvalue weighted by molar-refractivity contribution is 0.601. The standard InChI is InChI=1S/C10H15N2O4S2/c1-3-17(13,14)11-9-7-5-6-8-10(9)12-18(15,16)4-2/h5-8,11H,3-4H2,1-2H3/q-1. The minimum absolute atomic E-state index is 0.0939. The third-order valence-corrected chi connectivity index (χ3v) is 4.65. The van der Waals surface area contributed by atoms with Crippen LogP contribution in [0, 0.1) is 0 Å². The molecule has 102 valence electrons. The highest BCUT2D eigenvalue weighted by Crippen LogP contribution is 2.31. The SMILES string of the molecule is CCS(=O)(=O)[N-]c1ccccc1NS(=O)(=O)CC. The molecule has 0 atom stereocenters. The summed E-state index contributed by atoms with van der Waals surface area (Å²) in [6.45, 7) is 2.96. The summed E-state index contributed by atoms with van der Waals surface area (Å²) < 4.78 is 51.6. The highest BCUT2D eigenvalue weighted by molar-refractivity contribution is 7.94. The maximum Gasteiger partial charge on any atom is 0.232 e. The van der Waals surface area contributed by atoms with Gasteiger partial charge in [0.2, 0.25) is 10.0 Å². The average molecular weight is 291 g/mol. The normalized spacial score (nSPS) is 12.1. The molecule has 0 fully saturated rings. The van der Waals surface area contributed by atoms with E-state index in [1.165, 1.54) is 26.0 Å². The Morgan fingerprint density at radius 2 is 1.67 bits per heavy atom. The Kier molecular flexibility index (Phi) is 4.58. The predicted octanol–water partition coefficient (Wildman–Crippen LogP) is 1.80. The molecule has 8 heteroatoms. The fourth-order valence-corrected chi connectivity index (χ4v) is 2.33. The highest BCUT2D eigenvalue weighted by atomic mass is 32.2. The number of hydrogen-bond donors (Lipinski definition) is 1. The molecule has 0 bridgehead atoms. The van der Waals surface area contributed by atoms with Gasteiger partial charge < -0.3 is 4.72 Å². The van der Waals surface area contributed by atoms with Crippen LogP contribution in [0.1, 0.15) is 13.8 Å². The monoisotopic (exact) mass is 291 g/mol. The van der Waals surface area contributed by atoms with Crippen molar-refractivity contribution in [3.63, 3.8) is 0 Å². The molecule has 1 N–H and O–H groups in total. The van der Waals surface area contributed by atoms with E-state index in [1.54, 1.807) is 12.1 Å². The molecule has 6 nitrogen and oxygen atoms in total. The lowest BCUT2D eigenvalue weighted by atomic mass is 10.3. The van der Waals surface area contributed by atoms with E-state index in [4.69, 9.17) is 0 Å². The van der Waals surface area contributed by atoms with E-state index in [-0.39, 0.29) is 22.9 Å². The van der Waals surface area contributed by atoms with Crippen LogP contribution >= 0.6 is 0 Å². The van der Waals surface area contributed by atoms with Gasteiger partial charge in [0.05, 0.1) is 15.8 Å². The fourth-order valence-electron chi connectivity index (χ4n) is 1.09. The second-order valence-corrected chi connectivity index (χ2v) is 7.42. The van der Waals surface area contributed by atoms with Crippen molar-refractivity contribution < 1.29 is 16.8 Å². The number of rotatable bonds is 6. The molecule has 1 rings (SSSR count). The summed E-state index contributed by atoms with van der Waals surface area (Å²) in [5, 5.41) is 0. The molecular weight excluding hydrogens is 276 g/mol. The second kappa shape index (κ2) is 5.57. The lowest BCUT2D eigenvalue weighted by Gasteiger charge is -2.24. The molecule has 1 aromatic rings. The molecular formula is C10H15N2O4S2-. The second-order valence-electron chi connectivity index (χ2n) is 3.48. The van der Waals surface area contributed by atoms with Gasteiger partial charge in [-0.1, -0.05) is 25.1 Å². The first kappa shape index (κ1) is 14.8. The number of anilines is 1. The summed E-state index contributed by atoms with van der Waals surface area (Å²) in [6, 6.07) is 6.11. The zero-order valence-electron chi connectivity index (χ0n) is 10.1. The van der Waals surface area contributed by atoms with Crippen LogP contribution < -0.4 is 4.72 Å². The van der Waals surface area contributed by atoms with Crippen LogP contribution in [-0.4, -0.2) is 28.3 Å². The van der Waals surface area contributed by atoms with Crippen LogP contribution in [-0.2, 0) is 20.0 Å². The van der Waals surface area contributed by atoms with Crippen LogP contribution in [0.4, 0.5) is 11.4 Å². The van der Waals surface area contributed by atoms with Crippen molar-refractivity contribution >= 4 is 31.4 Å². The van der Waals surface area contributed by atoms with E-state index in [0.717, 1.165) is 0 Å². The molecule has 18 heavy (non-hydrogen) atoms. The third-order valence-electron chi connectivity index (χ3n) is 2.15. The molecule has 0 radical (unpaired) electrons. The minimum Gasteiger partial charge on any atom is -0.575 e. The van der Waals surface area contributed by atoms with Crippen molar-refractivity contribution in [1.29, 1.82) is 0 Å². The van der Waals surface area contributed by atoms with E-state index in [1.807, 2.05) is 0 Å². The highest BCUT2D eigenvalue weighted by Gasteiger charge is 2.07. The van der Waals surface area contributed by atoms with E-state index in [0.29, 0.717) is 0 Å². The van der Waals surface area contributed by atoms with Gasteiger partial charge in [-0.15, -0.1) is 5.69 Å². The van der Waals surface area contributed by atoms with Crippen LogP contribution in [0.5, 0.6) is 0 Å². The van der Waals surface area contributed by atoms with Crippen molar-refractivity contribution in [2.45, 2.75) is 13.8 Å². The Morgan fingerprint density at radius 1 is 1.06 bits per heavy atom. The molecule has 0 aliphatic heterocycles. The summed E-state index contributed by atoms with van der Waals surface area (Å²) in [6.07, 6.45) is 0. The summed E-state index contributed by atoms with van der Waals surface area (Å²) >= 11 is 0. The summed E-state index contributed by atoms with van der Waals surface area (Å²) in [5.41, 5.74) is 0.257. The van der Waals surface area contributed by atoms with Gasteiger partial charge in [-0.3, -0.25) is 4.72 Å². The predicted molar refractivity (Wildman–Crippen MR) is 72.0 cm³/mol. The molecule has 0 saturated heterocycles. The topological polar surface area (TPSA) is 94.4 Å². The van der Waals surface area contributed by atoms with Crippen molar-refractivity contribution in [3.8, 4) is 0 Å². The molecule has 0 aliphatic carbocycles. The zero-order valence-corrected chi connectivity index (χ0v) is 11.8. The number of para-hydroxylation sites is 1. The smallest absolute Gasteiger partial charge is 0.232 e. The molecule has 0 spiro atoms. The number of nitrogens with one attached hydrogen (secondary N) is 1. The Balaban J connectivity index is 3.08. The summed E-state index contributed by atoms with van der Waals surface area (Å²) in [7, 11) is -7.03. The van der Waals surface area contributed by atoms with E-state index >= 15 is 0 Å². The van der Waals surface area contributed by atoms with Crippen molar-refractivity contribution in [2.24, 2.45) is 0 Å². The van der Waals surface area contributed by atoms with E-state index in [9.17, 15) is 16.8 Å². The Bertz CT molecular complexity index is 554. The summed E-state index contributed by atoms with van der Waals surface area (Å²) in [4.78, 5) is 0. The van der Waals surface area contributed by atoms with E-state index in [2.05, 4.69) is 9.44 Å². The first-order valence-electron chi connectivity index (χ1n) is 5.35. The van der Waals surface area contributed by atoms with Gasteiger partial charge in [0.1, 0.15) is 0 Å². The largest absolute Gasteiger partial charge is 0.575 e. The van der Waals surface area contributed by atoms with Crippen LogP contribution in [0.2, 0.25) is 0 Å². The van der Waals surface area contributed by atoms with Crippen molar-refractivity contribution in [1.82, 2.24) is 0 Å². The van der Waals surface area contributed by atoms with Crippen LogP contribution in [0.15, 0.2) is 24.3 Å². The average Bonchev–Trinajstić information content (AvgIpc) is 2.31. The Hall–Kier alpha value is -1.28. The Morgan fingerprint density at radius 3 is 2.22 bits per heavy atom. The lowest BCUT2D eigenvalue weighted by Crippen LogP contribution is -2.15. The molecule has 0 aliphatic rings. The number of hydrogen-bond acceptors (Lipinski definition) is 4. The van der Waals surface area contributed by atoms with Crippen molar-refractivity contribution in [2.75, 3.05) is 16.2 Å². The number of sulfonamides is 2. The molecule has 0 heterocycles. The maximum atomic E-state index is 11.5. The minimum atomic E-state index is -3.57. The first-order valence-corrected chi connectivity index (χ1v) is 8.61. The van der Waals surface area contributed by atoms with Crippen LogP contribution in [0.25, 0.3) is 4.72 Å². The molecule has 0 aromatic heterocycles. The van der Waals surface area contributed by atoms with Gasteiger partial charge in [-0.05, 0) is 13.0 Å². The van der Waals surface area contributed by atoms with Gasteiger partial charge in [0.15, 0.2) is 0 Å². The number of benzene rings is 1. The zero-order chi connectivity index (χ0) is 13.8. The summed E-state index contributed by atoms with van der Waals surface area (Å²) in [5.74, 6) is -0.232. The van der Waals surface area contributed by atoms with Crippen molar-refractivity contribution in [3.05, 3.63) is 29.0 Å². The Labute approximate surface area is 108 Å². The third kappa shape index (κ3) is 4.19. The van der Waals surface area contributed by atoms with Gasteiger partial charge >= 0.3 is 0 Å². The van der Waals surface area contributed by atoms with Crippen LogP contribution in [0.3, 0.4) is 0 Å². The van der Waals surface area contributed by atoms with Gasteiger partial charge in [-0.2, -0.15) is 0 Å². The van der Waals surface area contributed by atoms with Gasteiger partial charge in [-0.25, -0.2) is 16.8 Å². The van der Waals surface area contributed by atoms with Gasteiger partial charge in [0, 0.05) is 11.4 Å². The first-order chi connectivity index (χ1) is 8.29. The maximum absolute atomic E-state index is 11.5. The van der Waals surface area contributed by atoms with E-state index < -0.39 is 20.0 Å². The molecule has 1 aromatic carbocycles.